The quantitative estimate of drug-likeness (QED) is 0.282. The van der Waals surface area contributed by atoms with Crippen molar-refractivity contribution in [2.75, 3.05) is 0 Å². The van der Waals surface area contributed by atoms with Crippen molar-refractivity contribution in [3.05, 3.63) is 101 Å². The van der Waals surface area contributed by atoms with Crippen molar-refractivity contribution in [1.29, 1.82) is 0 Å². The third kappa shape index (κ3) is 3.79. The molecule has 31 heavy (non-hydrogen) atoms. The summed E-state index contributed by atoms with van der Waals surface area (Å²) in [7, 11) is 0. The number of benzene rings is 3. The van der Waals surface area contributed by atoms with Crippen LogP contribution in [0.25, 0.3) is 33.1 Å². The zero-order valence-corrected chi connectivity index (χ0v) is 17.1. The van der Waals surface area contributed by atoms with E-state index in [1.807, 2.05) is 72.9 Å². The van der Waals surface area contributed by atoms with Crippen LogP contribution in [0.5, 0.6) is 0 Å². The largest absolute Gasteiger partial charge is 0.361 e. The second-order valence-corrected chi connectivity index (χ2v) is 7.51. The number of nitrogens with zero attached hydrogens (tertiary/aromatic N) is 2. The van der Waals surface area contributed by atoms with Crippen molar-refractivity contribution in [3.8, 4) is 11.3 Å². The van der Waals surface area contributed by atoms with E-state index in [1.165, 1.54) is 0 Å². The van der Waals surface area contributed by atoms with E-state index in [0.717, 1.165) is 32.9 Å². The van der Waals surface area contributed by atoms with Crippen LogP contribution in [0.15, 0.2) is 90.2 Å². The van der Waals surface area contributed by atoms with Crippen molar-refractivity contribution < 1.29 is 4.79 Å². The lowest BCUT2D eigenvalue weighted by molar-refractivity contribution is 0.0956. The Hall–Kier alpha value is -3.96. The van der Waals surface area contributed by atoms with Crippen LogP contribution < -0.4 is 5.43 Å². The molecule has 0 aliphatic heterocycles. The number of fused-ring (bicyclic) bond motifs is 2. The highest BCUT2D eigenvalue weighted by Gasteiger charge is 2.14. The van der Waals surface area contributed by atoms with E-state index >= 15 is 0 Å². The van der Waals surface area contributed by atoms with Crippen molar-refractivity contribution in [2.45, 2.75) is 0 Å². The molecule has 2 heterocycles. The van der Waals surface area contributed by atoms with Gasteiger partial charge < -0.3 is 4.98 Å². The molecule has 0 bridgehead atoms. The first-order valence-corrected chi connectivity index (χ1v) is 10.1. The Labute approximate surface area is 183 Å². The molecule has 1 amide bonds. The molecule has 3 aromatic carbocycles. The normalized spacial score (nSPS) is 11.4. The standard InChI is InChI=1S/C25H17ClN4O/c26-18-7-5-6-16(12-18)24-13-21(20-9-2-4-11-23(20)29-24)25(31)30-28-15-17-14-27-22-10-3-1-8-19(17)22/h1-15,27H,(H,30,31). The Kier molecular flexibility index (Phi) is 4.94. The summed E-state index contributed by atoms with van der Waals surface area (Å²) < 4.78 is 0. The second-order valence-electron chi connectivity index (χ2n) is 7.07. The van der Waals surface area contributed by atoms with Crippen molar-refractivity contribution in [3.63, 3.8) is 0 Å². The van der Waals surface area contributed by atoms with Gasteiger partial charge >= 0.3 is 0 Å². The van der Waals surface area contributed by atoms with Gasteiger partial charge in [-0.3, -0.25) is 4.79 Å². The second kappa shape index (κ2) is 8.05. The molecule has 5 rings (SSSR count). The summed E-state index contributed by atoms with van der Waals surface area (Å²) in [5.74, 6) is -0.307. The fraction of sp³-hybridized carbons (Fsp3) is 0. The van der Waals surface area contributed by atoms with Crippen LogP contribution in [0, 0.1) is 0 Å². The third-order valence-electron chi connectivity index (χ3n) is 5.07. The van der Waals surface area contributed by atoms with Gasteiger partial charge in [-0.25, -0.2) is 10.4 Å². The van der Waals surface area contributed by atoms with Crippen LogP contribution in [0.2, 0.25) is 5.02 Å². The van der Waals surface area contributed by atoms with E-state index in [1.54, 1.807) is 18.3 Å². The summed E-state index contributed by atoms with van der Waals surface area (Å²) in [5, 5.41) is 6.59. The minimum atomic E-state index is -0.307. The third-order valence-corrected chi connectivity index (χ3v) is 5.31. The zero-order chi connectivity index (χ0) is 21.2. The topological polar surface area (TPSA) is 70.1 Å². The molecule has 5 nitrogen and oxygen atoms in total. The lowest BCUT2D eigenvalue weighted by atomic mass is 10.0. The predicted molar refractivity (Wildman–Crippen MR) is 126 cm³/mol. The van der Waals surface area contributed by atoms with E-state index in [4.69, 9.17) is 16.6 Å². The van der Waals surface area contributed by atoms with Gasteiger partial charge in [0.25, 0.3) is 5.91 Å². The maximum absolute atomic E-state index is 13.0. The summed E-state index contributed by atoms with van der Waals surface area (Å²) in [6, 6.07) is 24.6. The van der Waals surface area contributed by atoms with Crippen LogP contribution in [0.4, 0.5) is 0 Å². The molecule has 150 valence electrons. The van der Waals surface area contributed by atoms with Gasteiger partial charge in [-0.1, -0.05) is 60.1 Å². The van der Waals surface area contributed by atoms with Gasteiger partial charge in [0, 0.05) is 38.6 Å². The van der Waals surface area contributed by atoms with Crippen molar-refractivity contribution >= 4 is 45.5 Å². The molecule has 2 N–H and O–H groups in total. The smallest absolute Gasteiger partial charge is 0.272 e. The molecule has 0 saturated heterocycles. The van der Waals surface area contributed by atoms with Gasteiger partial charge in [-0.05, 0) is 30.3 Å². The Morgan fingerprint density at radius 3 is 2.65 bits per heavy atom. The van der Waals surface area contributed by atoms with Crippen LogP contribution in [0.3, 0.4) is 0 Å². The lowest BCUT2D eigenvalue weighted by Gasteiger charge is -2.09. The number of rotatable bonds is 4. The van der Waals surface area contributed by atoms with Gasteiger partial charge in [-0.2, -0.15) is 5.10 Å². The Bertz CT molecular complexity index is 1450. The van der Waals surface area contributed by atoms with Crippen LogP contribution >= 0.6 is 11.6 Å². The lowest BCUT2D eigenvalue weighted by Crippen LogP contribution is -2.18. The van der Waals surface area contributed by atoms with Crippen molar-refractivity contribution in [1.82, 2.24) is 15.4 Å². The number of nitrogens with one attached hydrogen (secondary N) is 2. The maximum Gasteiger partial charge on any atom is 0.272 e. The first-order valence-electron chi connectivity index (χ1n) is 9.74. The molecule has 2 aromatic heterocycles. The monoisotopic (exact) mass is 424 g/mol. The molecular formula is C25H17ClN4O. The number of aromatic nitrogens is 2. The highest BCUT2D eigenvalue weighted by Crippen LogP contribution is 2.26. The number of hydrazone groups is 1. The summed E-state index contributed by atoms with van der Waals surface area (Å²) >= 11 is 6.15. The zero-order valence-electron chi connectivity index (χ0n) is 16.3. The number of H-pyrrole nitrogens is 1. The first-order chi connectivity index (χ1) is 15.2. The average molecular weight is 425 g/mol. The van der Waals surface area contributed by atoms with E-state index in [9.17, 15) is 4.79 Å². The summed E-state index contributed by atoms with van der Waals surface area (Å²) in [5.41, 5.74) is 7.30. The molecule has 0 spiro atoms. The number of hydrogen-bond donors (Lipinski definition) is 2. The highest BCUT2D eigenvalue weighted by atomic mass is 35.5. The molecule has 0 radical (unpaired) electrons. The van der Waals surface area contributed by atoms with E-state index in [0.29, 0.717) is 16.3 Å². The molecule has 0 unspecified atom stereocenters. The van der Waals surface area contributed by atoms with Gasteiger partial charge in [0.1, 0.15) is 0 Å². The fourth-order valence-corrected chi connectivity index (χ4v) is 3.77. The van der Waals surface area contributed by atoms with Gasteiger partial charge in [-0.15, -0.1) is 0 Å². The van der Waals surface area contributed by atoms with E-state index in [2.05, 4.69) is 15.5 Å². The predicted octanol–water partition coefficient (Wildman–Crippen LogP) is 5.80. The summed E-state index contributed by atoms with van der Waals surface area (Å²) in [4.78, 5) is 20.9. The highest BCUT2D eigenvalue weighted by molar-refractivity contribution is 6.30. The first kappa shape index (κ1) is 19.0. The van der Waals surface area contributed by atoms with Crippen LogP contribution in [-0.2, 0) is 0 Å². The fourth-order valence-electron chi connectivity index (χ4n) is 3.58. The molecule has 0 aliphatic rings. The van der Waals surface area contributed by atoms with Gasteiger partial charge in [0.15, 0.2) is 0 Å². The number of hydrogen-bond acceptors (Lipinski definition) is 3. The molecule has 0 saturated carbocycles. The SMILES string of the molecule is O=C(NN=Cc1c[nH]c2ccccc12)c1cc(-c2cccc(Cl)c2)nc2ccccc12. The molecule has 0 fully saturated rings. The van der Waals surface area contributed by atoms with E-state index < -0.39 is 0 Å². The minimum absolute atomic E-state index is 0.307. The number of halogens is 1. The Morgan fingerprint density at radius 2 is 1.77 bits per heavy atom. The molecule has 6 heteroatoms. The summed E-state index contributed by atoms with van der Waals surface area (Å²) in [6.45, 7) is 0. The average Bonchev–Trinajstić information content (AvgIpc) is 3.21. The van der Waals surface area contributed by atoms with Crippen LogP contribution in [0.1, 0.15) is 15.9 Å². The van der Waals surface area contributed by atoms with E-state index in [-0.39, 0.29) is 5.91 Å². The number of aromatic amines is 1. The van der Waals surface area contributed by atoms with Gasteiger partial charge in [0.05, 0.1) is 23.0 Å². The number of amides is 1. The summed E-state index contributed by atoms with van der Waals surface area (Å²) in [6.07, 6.45) is 3.50. The Balaban J connectivity index is 1.49. The van der Waals surface area contributed by atoms with Crippen LogP contribution in [-0.4, -0.2) is 22.1 Å². The maximum atomic E-state index is 13.0. The molecule has 5 aromatic rings. The molecule has 0 aliphatic carbocycles. The molecule has 0 atom stereocenters. The Morgan fingerprint density at radius 1 is 0.968 bits per heavy atom. The number of para-hydroxylation sites is 2. The number of carbonyl (C=O) groups excluding carboxylic acids is 1. The van der Waals surface area contributed by atoms with Gasteiger partial charge in [0.2, 0.25) is 0 Å². The minimum Gasteiger partial charge on any atom is -0.361 e. The molecular weight excluding hydrogens is 408 g/mol. The number of pyridine rings is 1. The number of carbonyl (C=O) groups is 1. The van der Waals surface area contributed by atoms with Crippen molar-refractivity contribution in [2.24, 2.45) is 5.10 Å².